The van der Waals surface area contributed by atoms with Crippen molar-refractivity contribution in [2.45, 2.75) is 0 Å². The molecule has 0 atom stereocenters. The summed E-state index contributed by atoms with van der Waals surface area (Å²) >= 11 is 0. The molecule has 3 nitrogen and oxygen atoms in total. The predicted molar refractivity (Wildman–Crippen MR) is 6.34 cm³/mol. The van der Waals surface area contributed by atoms with E-state index < -0.39 is 0 Å². The monoisotopic (exact) mass is 243 g/mol. The first-order chi connectivity index (χ1) is 1.41. The zero-order valence-corrected chi connectivity index (χ0v) is 4.03. The van der Waals surface area contributed by atoms with Crippen LogP contribution < -0.4 is 0 Å². The van der Waals surface area contributed by atoms with Crippen LogP contribution in [0.3, 0.4) is 0 Å². The summed E-state index contributed by atoms with van der Waals surface area (Å²) in [6, 6.07) is 0. The summed E-state index contributed by atoms with van der Waals surface area (Å²) in [5.41, 5.74) is 0. The Bertz CT molecular complexity index is 3.25. The van der Waals surface area contributed by atoms with E-state index in [-0.39, 0.29) is 20.1 Å². The molecule has 0 fully saturated rings. The van der Waals surface area contributed by atoms with Crippen molar-refractivity contribution >= 4 is 0 Å². The molecule has 0 saturated heterocycles. The Labute approximate surface area is 36.4 Å². The molecule has 0 aromatic heterocycles. The second kappa shape index (κ2) is 9.65. The quantitative estimate of drug-likeness (QED) is 0.462. The van der Waals surface area contributed by atoms with Gasteiger partial charge in [0.1, 0.15) is 0 Å². The van der Waals surface area contributed by atoms with Crippen molar-refractivity contribution in [1.82, 2.24) is 0 Å². The van der Waals surface area contributed by atoms with E-state index in [0.29, 0.717) is 0 Å². The van der Waals surface area contributed by atoms with Crippen molar-refractivity contribution in [3.63, 3.8) is 0 Å². The van der Waals surface area contributed by atoms with Gasteiger partial charge in [-0.25, -0.2) is 10.5 Å². The Morgan fingerprint density at radius 3 is 1.25 bits per heavy atom. The smallest absolute Gasteiger partial charge is 0 e. The number of hydrogen-bond donors (Lipinski definition) is 2. The molecule has 0 aromatic rings. The first-order valence-electron chi connectivity index (χ1n) is 0.365. The van der Waals surface area contributed by atoms with Gasteiger partial charge in [-0.1, -0.05) is 5.04 Å². The van der Waals surface area contributed by atoms with Gasteiger partial charge in [0.05, 0.1) is 0 Å². The van der Waals surface area contributed by atoms with Crippen LogP contribution in [0.4, 0.5) is 0 Å². The van der Waals surface area contributed by atoms with Crippen LogP contribution in [0.5, 0.6) is 0 Å². The molecule has 0 aromatic carbocycles. The molecule has 0 rings (SSSR count). The molecule has 0 bridgehead atoms. The van der Waals surface area contributed by atoms with Gasteiger partial charge in [-0.05, 0) is 0 Å². The fourth-order valence-electron chi connectivity index (χ4n) is 0. The minimum Gasteiger partial charge on any atom is -0.221 e. The van der Waals surface area contributed by atoms with Gasteiger partial charge >= 0.3 is 0 Å². The molecule has 0 spiro atoms. The molecule has 0 aliphatic heterocycles. The van der Waals surface area contributed by atoms with E-state index in [1.54, 1.807) is 0 Å². The summed E-state index contributed by atoms with van der Waals surface area (Å²) < 4.78 is 0. The van der Waals surface area contributed by atoms with Crippen LogP contribution in [0.15, 0.2) is 0 Å². The Morgan fingerprint density at radius 2 is 1.25 bits per heavy atom. The summed E-state index contributed by atoms with van der Waals surface area (Å²) in [7, 11) is 0. The molecular weight excluding hydrogens is 240 g/mol. The fraction of sp³-hybridized carbons (Fsp3) is 0. The maximum absolute atomic E-state index is 6.62. The van der Waals surface area contributed by atoms with E-state index in [2.05, 4.69) is 5.04 Å². The van der Waals surface area contributed by atoms with Gasteiger partial charge in [0.2, 0.25) is 0 Å². The van der Waals surface area contributed by atoms with Crippen molar-refractivity contribution in [2.75, 3.05) is 0 Å². The van der Waals surface area contributed by atoms with Crippen LogP contribution in [-0.2, 0) is 25.1 Å². The third-order valence-corrected chi connectivity index (χ3v) is 0. The van der Waals surface area contributed by atoms with E-state index >= 15 is 0 Å². The van der Waals surface area contributed by atoms with Crippen LogP contribution in [-0.4, -0.2) is 10.5 Å². The van der Waals surface area contributed by atoms with Gasteiger partial charge in [-0.15, -0.1) is 0 Å². The topological polar surface area (TPSA) is 49.7 Å². The zero-order chi connectivity index (χ0) is 2.71. The average molecular weight is 242 g/mol. The molecule has 29 valence electrons. The summed E-state index contributed by atoms with van der Waals surface area (Å²) in [5, 5.41) is 15.5. The maximum atomic E-state index is 6.62. The second-order valence-corrected chi connectivity index (χ2v) is 0.0816. The first kappa shape index (κ1) is 8.82. The zero-order valence-electron chi connectivity index (χ0n) is 1.64. The Kier molecular flexibility index (Phi) is 21.3. The molecule has 1 radical (unpaired) electrons. The summed E-state index contributed by atoms with van der Waals surface area (Å²) in [6.45, 7) is 0. The summed E-state index contributed by atoms with van der Waals surface area (Å²) in [6.07, 6.45) is 0. The van der Waals surface area contributed by atoms with Crippen LogP contribution >= 0.6 is 0 Å². The van der Waals surface area contributed by atoms with Crippen molar-refractivity contribution in [3.8, 4) is 0 Å². The minimum absolute atomic E-state index is 0. The molecular formula is H2IrO3. The second-order valence-electron chi connectivity index (χ2n) is 0.0816. The summed E-state index contributed by atoms with van der Waals surface area (Å²) in [4.78, 5) is 0. The molecule has 2 N–H and O–H groups in total. The average Bonchev–Trinajstić information content (AvgIpc) is 0.918. The van der Waals surface area contributed by atoms with E-state index in [0.717, 1.165) is 0 Å². The van der Waals surface area contributed by atoms with Crippen LogP contribution in [0, 0.1) is 0 Å². The van der Waals surface area contributed by atoms with Crippen LogP contribution in [0.1, 0.15) is 0 Å². The molecule has 0 heterocycles. The van der Waals surface area contributed by atoms with Crippen molar-refractivity contribution in [2.24, 2.45) is 0 Å². The van der Waals surface area contributed by atoms with Crippen molar-refractivity contribution in [1.29, 1.82) is 0 Å². The maximum Gasteiger partial charge on any atom is 0 e. The standard InChI is InChI=1S/Ir.H2O3/c;1-3-2/h;1-2H. The van der Waals surface area contributed by atoms with Gasteiger partial charge in [0.25, 0.3) is 0 Å². The molecule has 0 aliphatic carbocycles. The van der Waals surface area contributed by atoms with Gasteiger partial charge < -0.3 is 0 Å². The SMILES string of the molecule is OOO.[Ir]. The largest absolute Gasteiger partial charge is 0.221 e. The third-order valence-electron chi connectivity index (χ3n) is 0. The van der Waals surface area contributed by atoms with Crippen LogP contribution in [0.2, 0.25) is 0 Å². The molecule has 0 saturated carbocycles. The number of hydrogen-bond acceptors (Lipinski definition) is 3. The van der Waals surface area contributed by atoms with Gasteiger partial charge in [0, 0.05) is 20.1 Å². The minimum atomic E-state index is 0. The van der Waals surface area contributed by atoms with E-state index in [4.69, 9.17) is 10.5 Å². The molecule has 4 heteroatoms. The van der Waals surface area contributed by atoms with Crippen LogP contribution in [0.25, 0.3) is 0 Å². The van der Waals surface area contributed by atoms with Crippen molar-refractivity contribution in [3.05, 3.63) is 0 Å². The first-order valence-corrected chi connectivity index (χ1v) is 0.365. The Hall–Kier alpha value is 0.529. The fourth-order valence-corrected chi connectivity index (χ4v) is 0. The van der Waals surface area contributed by atoms with Gasteiger partial charge in [-0.3, -0.25) is 0 Å². The Balaban J connectivity index is 0. The molecule has 4 heavy (non-hydrogen) atoms. The predicted octanol–water partition coefficient (Wildman–Crippen LogP) is -0.0535. The molecule has 0 unspecified atom stereocenters. The van der Waals surface area contributed by atoms with Crippen molar-refractivity contribution < 1.29 is 35.7 Å². The van der Waals surface area contributed by atoms with E-state index in [1.807, 2.05) is 0 Å². The van der Waals surface area contributed by atoms with Gasteiger partial charge in [-0.2, -0.15) is 0 Å². The van der Waals surface area contributed by atoms with Gasteiger partial charge in [0.15, 0.2) is 0 Å². The third kappa shape index (κ3) is 21.1. The molecule has 0 aliphatic rings. The molecule has 0 amide bonds. The number of rotatable bonds is 0. The van der Waals surface area contributed by atoms with E-state index in [9.17, 15) is 0 Å². The van der Waals surface area contributed by atoms with E-state index in [1.165, 1.54) is 0 Å². The Morgan fingerprint density at radius 1 is 1.25 bits per heavy atom. The normalized spacial score (nSPS) is 4.50. The summed E-state index contributed by atoms with van der Waals surface area (Å²) in [5.74, 6) is 0.